The van der Waals surface area contributed by atoms with Crippen LogP contribution in [-0.4, -0.2) is 25.2 Å². The first-order valence-corrected chi connectivity index (χ1v) is 8.85. The molecule has 0 bridgehead atoms. The summed E-state index contributed by atoms with van der Waals surface area (Å²) in [6, 6.07) is 21.7. The highest BCUT2D eigenvalue weighted by atomic mass is 16.6. The minimum Gasteiger partial charge on any atom is -0.467 e. The maximum atomic E-state index is 12.1. The molecule has 0 aliphatic carbocycles. The molecule has 1 atom stereocenters. The summed E-state index contributed by atoms with van der Waals surface area (Å²) in [6.45, 7) is -0.0438. The van der Waals surface area contributed by atoms with Gasteiger partial charge in [-0.2, -0.15) is 0 Å². The predicted molar refractivity (Wildman–Crippen MR) is 103 cm³/mol. The first-order valence-electron chi connectivity index (χ1n) is 8.85. The van der Waals surface area contributed by atoms with Gasteiger partial charge in [0.1, 0.15) is 17.6 Å². The van der Waals surface area contributed by atoms with E-state index in [9.17, 15) is 9.59 Å². The van der Waals surface area contributed by atoms with Crippen molar-refractivity contribution in [2.24, 2.45) is 0 Å². The molecule has 1 amide bonds. The molecule has 3 rings (SSSR count). The fourth-order valence-electron chi connectivity index (χ4n) is 2.72. The number of ether oxygens (including phenoxy) is 2. The van der Waals surface area contributed by atoms with Crippen LogP contribution in [0.1, 0.15) is 11.3 Å². The molecule has 0 aliphatic heterocycles. The summed E-state index contributed by atoms with van der Waals surface area (Å²) in [5.74, 6) is 0.660. The van der Waals surface area contributed by atoms with Crippen LogP contribution in [0, 0.1) is 0 Å². The molecule has 0 spiro atoms. The molecule has 28 heavy (non-hydrogen) atoms. The van der Waals surface area contributed by atoms with Crippen molar-refractivity contribution in [3.63, 3.8) is 0 Å². The van der Waals surface area contributed by atoms with Gasteiger partial charge in [0.25, 0.3) is 0 Å². The summed E-state index contributed by atoms with van der Waals surface area (Å²) in [5, 5.41) is 2.55. The molecule has 0 aliphatic rings. The van der Waals surface area contributed by atoms with E-state index >= 15 is 0 Å². The molecule has 6 heteroatoms. The molecule has 0 radical (unpaired) electrons. The second-order valence-electron chi connectivity index (χ2n) is 6.12. The third kappa shape index (κ3) is 5.23. The van der Waals surface area contributed by atoms with Crippen molar-refractivity contribution in [1.82, 2.24) is 5.32 Å². The van der Waals surface area contributed by atoms with E-state index in [1.54, 1.807) is 6.07 Å². The van der Waals surface area contributed by atoms with E-state index in [2.05, 4.69) is 5.32 Å². The van der Waals surface area contributed by atoms with Crippen LogP contribution in [0.5, 0.6) is 0 Å². The quantitative estimate of drug-likeness (QED) is 0.629. The van der Waals surface area contributed by atoms with E-state index in [1.165, 1.54) is 7.11 Å². The Balaban J connectivity index is 1.56. The number of rotatable bonds is 7. The van der Waals surface area contributed by atoms with Crippen LogP contribution in [0.2, 0.25) is 0 Å². The standard InChI is InChI=1S/C22H21NO5/c1-26-21(24)19(14-16-8-4-2-5-9-16)23-22(25)27-15-18-12-13-20(28-18)17-10-6-3-7-11-17/h2-13,19H,14-15H2,1H3,(H,23,25). The first-order chi connectivity index (χ1) is 13.7. The lowest BCUT2D eigenvalue weighted by molar-refractivity contribution is -0.143. The molecule has 1 heterocycles. The van der Waals surface area contributed by atoms with Crippen molar-refractivity contribution in [2.75, 3.05) is 7.11 Å². The van der Waals surface area contributed by atoms with E-state index < -0.39 is 18.1 Å². The van der Waals surface area contributed by atoms with E-state index in [-0.39, 0.29) is 6.61 Å². The van der Waals surface area contributed by atoms with Gasteiger partial charge in [-0.05, 0) is 17.7 Å². The smallest absolute Gasteiger partial charge is 0.408 e. The average molecular weight is 379 g/mol. The highest BCUT2D eigenvalue weighted by Gasteiger charge is 2.22. The number of hydrogen-bond acceptors (Lipinski definition) is 5. The molecule has 6 nitrogen and oxygen atoms in total. The van der Waals surface area contributed by atoms with Gasteiger partial charge in [0.15, 0.2) is 6.61 Å². The third-order valence-corrected chi connectivity index (χ3v) is 4.13. The van der Waals surface area contributed by atoms with Gasteiger partial charge in [-0.3, -0.25) is 0 Å². The van der Waals surface area contributed by atoms with E-state index in [0.717, 1.165) is 11.1 Å². The zero-order chi connectivity index (χ0) is 19.8. The molecule has 144 valence electrons. The maximum Gasteiger partial charge on any atom is 0.408 e. The number of benzene rings is 2. The van der Waals surface area contributed by atoms with E-state index in [4.69, 9.17) is 13.9 Å². The lowest BCUT2D eigenvalue weighted by atomic mass is 10.1. The highest BCUT2D eigenvalue weighted by molar-refractivity contribution is 5.81. The number of hydrogen-bond donors (Lipinski definition) is 1. The van der Waals surface area contributed by atoms with Crippen LogP contribution in [0.4, 0.5) is 4.79 Å². The molecular weight excluding hydrogens is 358 g/mol. The van der Waals surface area contributed by atoms with Gasteiger partial charge in [-0.1, -0.05) is 60.7 Å². The molecule has 1 N–H and O–H groups in total. The van der Waals surface area contributed by atoms with Crippen LogP contribution in [0.15, 0.2) is 77.2 Å². The monoisotopic (exact) mass is 379 g/mol. The van der Waals surface area contributed by atoms with Crippen molar-refractivity contribution in [2.45, 2.75) is 19.1 Å². The lowest BCUT2D eigenvalue weighted by Gasteiger charge is -2.16. The van der Waals surface area contributed by atoms with Gasteiger partial charge in [0.05, 0.1) is 7.11 Å². The SMILES string of the molecule is COC(=O)C(Cc1ccccc1)NC(=O)OCc1ccc(-c2ccccc2)o1. The maximum absolute atomic E-state index is 12.1. The van der Waals surface area contributed by atoms with Crippen molar-refractivity contribution in [1.29, 1.82) is 0 Å². The van der Waals surface area contributed by atoms with Crippen LogP contribution in [0.3, 0.4) is 0 Å². The summed E-state index contributed by atoms with van der Waals surface area (Å²) in [6.07, 6.45) is -0.411. The lowest BCUT2D eigenvalue weighted by Crippen LogP contribution is -2.43. The van der Waals surface area contributed by atoms with Crippen molar-refractivity contribution >= 4 is 12.1 Å². The molecule has 3 aromatic rings. The highest BCUT2D eigenvalue weighted by Crippen LogP contribution is 2.22. The minimum absolute atomic E-state index is 0.0438. The van der Waals surface area contributed by atoms with Crippen LogP contribution in [-0.2, 0) is 27.3 Å². The second kappa shape index (κ2) is 9.41. The van der Waals surface area contributed by atoms with Crippen LogP contribution in [0.25, 0.3) is 11.3 Å². The Morgan fingerprint density at radius 3 is 2.32 bits per heavy atom. The van der Waals surface area contributed by atoms with Gasteiger partial charge in [-0.15, -0.1) is 0 Å². The number of furan rings is 1. The molecule has 1 unspecified atom stereocenters. The minimum atomic E-state index is -0.837. The summed E-state index contributed by atoms with van der Waals surface area (Å²) in [7, 11) is 1.28. The summed E-state index contributed by atoms with van der Waals surface area (Å²) < 4.78 is 15.7. The molecule has 1 aromatic heterocycles. The van der Waals surface area contributed by atoms with Gasteiger partial charge < -0.3 is 19.2 Å². The molecule has 0 saturated carbocycles. The fraction of sp³-hybridized carbons (Fsp3) is 0.182. The number of nitrogens with one attached hydrogen (secondary N) is 1. The van der Waals surface area contributed by atoms with Gasteiger partial charge in [-0.25, -0.2) is 9.59 Å². The normalized spacial score (nSPS) is 11.5. The number of carbonyl (C=O) groups excluding carboxylic acids is 2. The molecule has 2 aromatic carbocycles. The largest absolute Gasteiger partial charge is 0.467 e. The molecule has 0 saturated heterocycles. The zero-order valence-corrected chi connectivity index (χ0v) is 15.5. The number of carbonyl (C=O) groups is 2. The number of esters is 1. The Hall–Kier alpha value is -3.54. The number of alkyl carbamates (subject to hydrolysis) is 1. The number of methoxy groups -OCH3 is 1. The Morgan fingerprint density at radius 2 is 1.64 bits per heavy atom. The van der Waals surface area contributed by atoms with Gasteiger partial charge in [0, 0.05) is 12.0 Å². The third-order valence-electron chi connectivity index (χ3n) is 4.13. The van der Waals surface area contributed by atoms with Gasteiger partial charge in [0.2, 0.25) is 0 Å². The molecule has 0 fully saturated rings. The number of amides is 1. The summed E-state index contributed by atoms with van der Waals surface area (Å²) in [5.41, 5.74) is 1.84. The second-order valence-corrected chi connectivity index (χ2v) is 6.12. The summed E-state index contributed by atoms with van der Waals surface area (Å²) in [4.78, 5) is 24.1. The average Bonchev–Trinajstić information content (AvgIpc) is 3.22. The Bertz CT molecular complexity index is 905. The fourth-order valence-corrected chi connectivity index (χ4v) is 2.72. The zero-order valence-electron chi connectivity index (χ0n) is 15.5. The van der Waals surface area contributed by atoms with Crippen molar-refractivity contribution in [3.8, 4) is 11.3 Å². The van der Waals surface area contributed by atoms with Crippen LogP contribution >= 0.6 is 0 Å². The predicted octanol–water partition coefficient (Wildman–Crippen LogP) is 3.96. The van der Waals surface area contributed by atoms with Gasteiger partial charge >= 0.3 is 12.1 Å². The first kappa shape index (κ1) is 19.2. The summed E-state index contributed by atoms with van der Waals surface area (Å²) >= 11 is 0. The Kier molecular flexibility index (Phi) is 6.46. The van der Waals surface area contributed by atoms with E-state index in [0.29, 0.717) is 17.9 Å². The topological polar surface area (TPSA) is 77.8 Å². The van der Waals surface area contributed by atoms with Crippen molar-refractivity contribution in [3.05, 3.63) is 84.1 Å². The van der Waals surface area contributed by atoms with Crippen molar-refractivity contribution < 1.29 is 23.5 Å². The van der Waals surface area contributed by atoms with Crippen LogP contribution < -0.4 is 5.32 Å². The Morgan fingerprint density at radius 1 is 0.964 bits per heavy atom. The molecular formula is C22H21NO5. The Labute approximate surface area is 163 Å². The van der Waals surface area contributed by atoms with E-state index in [1.807, 2.05) is 66.7 Å².